The lowest BCUT2D eigenvalue weighted by molar-refractivity contribution is -0.132. The molecule has 0 spiro atoms. The number of alkyl carbamates (subject to hydrolysis) is 1. The van der Waals surface area contributed by atoms with E-state index in [9.17, 15) is 13.6 Å². The Balaban J connectivity index is 1.48. The minimum absolute atomic E-state index is 0.0205. The van der Waals surface area contributed by atoms with E-state index in [0.29, 0.717) is 45.4 Å². The molecule has 1 atom stereocenters. The van der Waals surface area contributed by atoms with Gasteiger partial charge >= 0.3 is 6.09 Å². The summed E-state index contributed by atoms with van der Waals surface area (Å²) < 4.78 is 35.1. The van der Waals surface area contributed by atoms with E-state index >= 15 is 0 Å². The molecule has 7 heteroatoms. The first-order chi connectivity index (χ1) is 13.6. The summed E-state index contributed by atoms with van der Waals surface area (Å²) in [6, 6.07) is 9.03. The van der Waals surface area contributed by atoms with E-state index in [1.807, 2.05) is 60.9 Å². The normalized spacial score (nSPS) is 24.2. The minimum Gasteiger partial charge on any atom is -0.444 e. The van der Waals surface area contributed by atoms with E-state index in [1.165, 1.54) is 0 Å². The molecule has 162 valence electrons. The van der Waals surface area contributed by atoms with Gasteiger partial charge < -0.3 is 10.1 Å². The Hall–Kier alpha value is -1.73. The van der Waals surface area contributed by atoms with Gasteiger partial charge in [0.15, 0.2) is 0 Å². The highest BCUT2D eigenvalue weighted by Gasteiger charge is 2.47. The first kappa shape index (κ1) is 22.0. The average Bonchev–Trinajstić information content (AvgIpc) is 2.61. The van der Waals surface area contributed by atoms with Gasteiger partial charge in [0, 0.05) is 32.2 Å². The number of hydrogen-bond acceptors (Lipinski definition) is 4. The number of hydrogen-bond donors (Lipinski definition) is 1. The fourth-order valence-electron chi connectivity index (χ4n) is 4.25. The second-order valence-electron chi connectivity index (χ2n) is 9.22. The number of nitrogens with one attached hydrogen (secondary N) is 1. The first-order valence-corrected chi connectivity index (χ1v) is 10.5. The third kappa shape index (κ3) is 6.37. The van der Waals surface area contributed by atoms with Crippen LogP contribution in [-0.2, 0) is 11.3 Å². The van der Waals surface area contributed by atoms with Gasteiger partial charge in [-0.1, -0.05) is 30.3 Å². The van der Waals surface area contributed by atoms with Crippen LogP contribution in [-0.4, -0.2) is 65.7 Å². The Labute approximate surface area is 172 Å². The zero-order valence-electron chi connectivity index (χ0n) is 17.7. The van der Waals surface area contributed by atoms with Gasteiger partial charge in [-0.3, -0.25) is 9.80 Å². The molecule has 1 aromatic rings. The Kier molecular flexibility index (Phi) is 6.79. The standard InChI is InChI=1S/C22H33F2N3O2/c1-21(2,3)29-20(28)25-18-9-13-27(14-10-18)19-11-12-26(16-22(19,23)24)15-17-7-5-4-6-8-17/h4-8,18-19H,9-16H2,1-3H3,(H,25,28). The number of carbonyl (C=O) groups excluding carboxylic acids is 1. The fraction of sp³-hybridized carbons (Fsp3) is 0.682. The van der Waals surface area contributed by atoms with E-state index < -0.39 is 23.7 Å². The zero-order chi connectivity index (χ0) is 21.1. The number of likely N-dealkylation sites (tertiary alicyclic amines) is 2. The van der Waals surface area contributed by atoms with E-state index in [-0.39, 0.29) is 12.6 Å². The van der Waals surface area contributed by atoms with Crippen molar-refractivity contribution in [3.05, 3.63) is 35.9 Å². The largest absolute Gasteiger partial charge is 0.444 e. The summed E-state index contributed by atoms with van der Waals surface area (Å²) in [4.78, 5) is 15.7. The molecule has 2 saturated heterocycles. The minimum atomic E-state index is -2.74. The molecule has 2 heterocycles. The third-order valence-electron chi connectivity index (χ3n) is 5.58. The number of alkyl halides is 2. The van der Waals surface area contributed by atoms with Crippen LogP contribution in [0.5, 0.6) is 0 Å². The van der Waals surface area contributed by atoms with Crippen molar-refractivity contribution in [2.24, 2.45) is 0 Å². The average molecular weight is 410 g/mol. The maximum absolute atomic E-state index is 14.9. The molecular formula is C22H33F2N3O2. The molecule has 0 bridgehead atoms. The summed E-state index contributed by atoms with van der Waals surface area (Å²) in [5, 5.41) is 2.87. The van der Waals surface area contributed by atoms with Crippen molar-refractivity contribution >= 4 is 6.09 Å². The predicted molar refractivity (Wildman–Crippen MR) is 109 cm³/mol. The van der Waals surface area contributed by atoms with Crippen molar-refractivity contribution in [3.63, 3.8) is 0 Å². The number of halogens is 2. The van der Waals surface area contributed by atoms with Crippen molar-refractivity contribution in [2.45, 2.75) is 70.2 Å². The second-order valence-corrected chi connectivity index (χ2v) is 9.22. The summed E-state index contributed by atoms with van der Waals surface area (Å²) in [5.41, 5.74) is 0.524. The van der Waals surface area contributed by atoms with Gasteiger partial charge in [-0.05, 0) is 45.6 Å². The Morgan fingerprint density at radius 3 is 2.38 bits per heavy atom. The van der Waals surface area contributed by atoms with Crippen molar-refractivity contribution in [1.29, 1.82) is 0 Å². The molecule has 29 heavy (non-hydrogen) atoms. The molecular weight excluding hydrogens is 376 g/mol. The summed E-state index contributed by atoms with van der Waals surface area (Å²) >= 11 is 0. The van der Waals surface area contributed by atoms with Crippen LogP contribution in [0.3, 0.4) is 0 Å². The molecule has 2 aliphatic rings. The molecule has 0 saturated carbocycles. The molecule has 1 unspecified atom stereocenters. The maximum atomic E-state index is 14.9. The van der Waals surface area contributed by atoms with E-state index in [1.54, 1.807) is 0 Å². The molecule has 2 aliphatic heterocycles. The van der Waals surface area contributed by atoms with Crippen molar-refractivity contribution in [1.82, 2.24) is 15.1 Å². The van der Waals surface area contributed by atoms with E-state index in [2.05, 4.69) is 5.32 Å². The molecule has 1 N–H and O–H groups in total. The summed E-state index contributed by atoms with van der Waals surface area (Å²) in [5.74, 6) is -2.74. The van der Waals surface area contributed by atoms with Crippen LogP contribution in [0, 0.1) is 0 Å². The third-order valence-corrected chi connectivity index (χ3v) is 5.58. The number of nitrogens with zero attached hydrogens (tertiary/aromatic N) is 2. The van der Waals surface area contributed by atoms with E-state index in [4.69, 9.17) is 4.74 Å². The van der Waals surface area contributed by atoms with Crippen LogP contribution < -0.4 is 5.32 Å². The van der Waals surface area contributed by atoms with Crippen LogP contribution in [0.1, 0.15) is 45.6 Å². The molecule has 1 aromatic carbocycles. The van der Waals surface area contributed by atoms with Gasteiger partial charge in [-0.15, -0.1) is 0 Å². The predicted octanol–water partition coefficient (Wildman–Crippen LogP) is 3.89. The number of ether oxygens (including phenoxy) is 1. The van der Waals surface area contributed by atoms with Crippen molar-refractivity contribution < 1.29 is 18.3 Å². The lowest BCUT2D eigenvalue weighted by Crippen LogP contribution is -2.60. The Morgan fingerprint density at radius 2 is 1.79 bits per heavy atom. The first-order valence-electron chi connectivity index (χ1n) is 10.5. The molecule has 2 fully saturated rings. The topological polar surface area (TPSA) is 44.8 Å². The number of benzene rings is 1. The SMILES string of the molecule is CC(C)(C)OC(=O)NC1CCN(C2CCN(Cc3ccccc3)CC2(F)F)CC1. The van der Waals surface area contributed by atoms with Crippen LogP contribution in [0.25, 0.3) is 0 Å². The Morgan fingerprint density at radius 1 is 1.14 bits per heavy atom. The smallest absolute Gasteiger partial charge is 0.407 e. The summed E-state index contributed by atoms with van der Waals surface area (Å²) in [6.07, 6.45) is 1.36. The van der Waals surface area contributed by atoms with Crippen LogP contribution in [0.2, 0.25) is 0 Å². The number of piperidine rings is 2. The number of rotatable bonds is 4. The van der Waals surface area contributed by atoms with Crippen LogP contribution >= 0.6 is 0 Å². The highest BCUT2D eigenvalue weighted by Crippen LogP contribution is 2.33. The van der Waals surface area contributed by atoms with Gasteiger partial charge in [0.05, 0.1) is 12.6 Å². The van der Waals surface area contributed by atoms with Crippen LogP contribution in [0.15, 0.2) is 30.3 Å². The van der Waals surface area contributed by atoms with Gasteiger partial charge in [0.25, 0.3) is 5.92 Å². The van der Waals surface area contributed by atoms with Crippen LogP contribution in [0.4, 0.5) is 13.6 Å². The lowest BCUT2D eigenvalue weighted by Gasteiger charge is -2.45. The molecule has 5 nitrogen and oxygen atoms in total. The van der Waals surface area contributed by atoms with Crippen molar-refractivity contribution in [2.75, 3.05) is 26.2 Å². The zero-order valence-corrected chi connectivity index (χ0v) is 17.7. The highest BCUT2D eigenvalue weighted by atomic mass is 19.3. The quantitative estimate of drug-likeness (QED) is 0.820. The van der Waals surface area contributed by atoms with Gasteiger partial charge in [-0.2, -0.15) is 0 Å². The van der Waals surface area contributed by atoms with Gasteiger partial charge in [0.1, 0.15) is 5.60 Å². The van der Waals surface area contributed by atoms with Gasteiger partial charge in [0.2, 0.25) is 0 Å². The van der Waals surface area contributed by atoms with E-state index in [0.717, 1.165) is 5.56 Å². The molecule has 1 amide bonds. The van der Waals surface area contributed by atoms with Crippen molar-refractivity contribution in [3.8, 4) is 0 Å². The second kappa shape index (κ2) is 8.96. The molecule has 0 radical (unpaired) electrons. The number of amides is 1. The Bertz CT molecular complexity index is 670. The van der Waals surface area contributed by atoms with Gasteiger partial charge in [-0.25, -0.2) is 13.6 Å². The maximum Gasteiger partial charge on any atom is 0.407 e. The molecule has 0 aliphatic carbocycles. The fourth-order valence-corrected chi connectivity index (χ4v) is 4.25. The highest BCUT2D eigenvalue weighted by molar-refractivity contribution is 5.68. The molecule has 0 aromatic heterocycles. The number of carbonyl (C=O) groups is 1. The monoisotopic (exact) mass is 409 g/mol. The summed E-state index contributed by atoms with van der Waals surface area (Å²) in [6.45, 7) is 7.63. The summed E-state index contributed by atoms with van der Waals surface area (Å²) in [7, 11) is 0. The lowest BCUT2D eigenvalue weighted by atomic mass is 9.95. The molecule has 3 rings (SSSR count).